The number of carbonyl (C=O) groups excluding carboxylic acids is 1. The Labute approximate surface area is 116 Å². The first-order valence-electron chi connectivity index (χ1n) is 6.30. The van der Waals surface area contributed by atoms with Crippen molar-refractivity contribution in [2.75, 3.05) is 7.11 Å². The van der Waals surface area contributed by atoms with Gasteiger partial charge in [-0.25, -0.2) is 4.79 Å². The van der Waals surface area contributed by atoms with E-state index in [1.165, 1.54) is 20.0 Å². The molecule has 3 nitrogen and oxygen atoms in total. The summed E-state index contributed by atoms with van der Waals surface area (Å²) >= 11 is 3.43. The van der Waals surface area contributed by atoms with Gasteiger partial charge >= 0.3 is 5.97 Å². The fourth-order valence-corrected chi connectivity index (χ4v) is 2.85. The summed E-state index contributed by atoms with van der Waals surface area (Å²) in [4.78, 5) is 11.9. The Bertz CT molecular complexity index is 416. The molecule has 0 radical (unpaired) electrons. The van der Waals surface area contributed by atoms with E-state index >= 15 is 0 Å². The number of esters is 1. The van der Waals surface area contributed by atoms with E-state index in [2.05, 4.69) is 21.2 Å². The molecule has 1 unspecified atom stereocenters. The molecule has 1 saturated carbocycles. The van der Waals surface area contributed by atoms with Crippen LogP contribution < -0.4 is 5.32 Å². The van der Waals surface area contributed by atoms with E-state index in [4.69, 9.17) is 4.74 Å². The molecule has 2 rings (SSSR count). The second kappa shape index (κ2) is 6.34. The molecule has 1 atom stereocenters. The number of benzene rings is 1. The Morgan fingerprint density at radius 3 is 2.78 bits per heavy atom. The Hall–Kier alpha value is -0.870. The van der Waals surface area contributed by atoms with Gasteiger partial charge in [-0.3, -0.25) is 5.32 Å². The van der Waals surface area contributed by atoms with Crippen molar-refractivity contribution >= 4 is 21.9 Å². The quantitative estimate of drug-likeness (QED) is 0.868. The van der Waals surface area contributed by atoms with Crippen LogP contribution in [0.3, 0.4) is 0 Å². The van der Waals surface area contributed by atoms with Gasteiger partial charge in [0.05, 0.1) is 7.11 Å². The number of hydrogen-bond donors (Lipinski definition) is 1. The van der Waals surface area contributed by atoms with Gasteiger partial charge in [-0.15, -0.1) is 0 Å². The van der Waals surface area contributed by atoms with Crippen molar-refractivity contribution in [3.05, 3.63) is 34.3 Å². The minimum absolute atomic E-state index is 0.222. The standard InChI is InChI=1S/C14H18BrNO2/c1-18-14(17)13(16-12-7-2-3-8-12)10-5-4-6-11(15)9-10/h4-6,9,12-13,16H,2-3,7-8H2,1H3. The second-order valence-corrected chi connectivity index (χ2v) is 5.57. The zero-order valence-electron chi connectivity index (χ0n) is 10.5. The lowest BCUT2D eigenvalue weighted by Crippen LogP contribution is -2.36. The fraction of sp³-hybridized carbons (Fsp3) is 0.500. The van der Waals surface area contributed by atoms with Crippen LogP contribution in [0.25, 0.3) is 0 Å². The molecule has 0 heterocycles. The average molecular weight is 312 g/mol. The number of methoxy groups -OCH3 is 1. The van der Waals surface area contributed by atoms with Crippen LogP contribution >= 0.6 is 15.9 Å². The minimum Gasteiger partial charge on any atom is -0.468 e. The maximum Gasteiger partial charge on any atom is 0.327 e. The number of rotatable bonds is 4. The van der Waals surface area contributed by atoms with Crippen LogP contribution in [0, 0.1) is 0 Å². The molecule has 0 amide bonds. The molecule has 4 heteroatoms. The highest BCUT2D eigenvalue weighted by Crippen LogP contribution is 2.24. The van der Waals surface area contributed by atoms with Crippen LogP contribution in [0.15, 0.2) is 28.7 Å². The molecule has 1 aromatic carbocycles. The van der Waals surface area contributed by atoms with Crippen LogP contribution in [0.2, 0.25) is 0 Å². The van der Waals surface area contributed by atoms with Crippen molar-refractivity contribution in [1.82, 2.24) is 5.32 Å². The summed E-state index contributed by atoms with van der Waals surface area (Å²) in [5.74, 6) is -0.222. The predicted molar refractivity (Wildman–Crippen MR) is 74.3 cm³/mol. The third-order valence-electron chi connectivity index (χ3n) is 3.38. The molecule has 0 spiro atoms. The highest BCUT2D eigenvalue weighted by molar-refractivity contribution is 9.10. The average Bonchev–Trinajstić information content (AvgIpc) is 2.88. The highest BCUT2D eigenvalue weighted by Gasteiger charge is 2.26. The molecule has 18 heavy (non-hydrogen) atoms. The van der Waals surface area contributed by atoms with Gasteiger partial charge in [0.1, 0.15) is 6.04 Å². The molecule has 98 valence electrons. The Morgan fingerprint density at radius 2 is 2.17 bits per heavy atom. The smallest absolute Gasteiger partial charge is 0.327 e. The third-order valence-corrected chi connectivity index (χ3v) is 3.87. The molecule has 1 aromatic rings. The monoisotopic (exact) mass is 311 g/mol. The van der Waals surface area contributed by atoms with Gasteiger partial charge in [-0.2, -0.15) is 0 Å². The maximum atomic E-state index is 11.9. The van der Waals surface area contributed by atoms with E-state index < -0.39 is 0 Å². The number of ether oxygens (including phenoxy) is 1. The molecule has 0 bridgehead atoms. The first-order valence-corrected chi connectivity index (χ1v) is 7.09. The first kappa shape index (κ1) is 13.6. The Morgan fingerprint density at radius 1 is 1.44 bits per heavy atom. The lowest BCUT2D eigenvalue weighted by Gasteiger charge is -2.21. The van der Waals surface area contributed by atoms with Crippen LogP contribution in [-0.4, -0.2) is 19.1 Å². The van der Waals surface area contributed by atoms with E-state index in [1.54, 1.807) is 0 Å². The van der Waals surface area contributed by atoms with Gasteiger partial charge in [0.25, 0.3) is 0 Å². The summed E-state index contributed by atoms with van der Waals surface area (Å²) in [5, 5.41) is 3.41. The molecule has 1 N–H and O–H groups in total. The van der Waals surface area contributed by atoms with Crippen LogP contribution in [-0.2, 0) is 9.53 Å². The van der Waals surface area contributed by atoms with Crippen molar-refractivity contribution in [2.45, 2.75) is 37.8 Å². The van der Waals surface area contributed by atoms with E-state index in [9.17, 15) is 4.79 Å². The number of carbonyl (C=O) groups is 1. The van der Waals surface area contributed by atoms with Crippen LogP contribution in [0.4, 0.5) is 0 Å². The zero-order valence-corrected chi connectivity index (χ0v) is 12.1. The summed E-state index contributed by atoms with van der Waals surface area (Å²) < 4.78 is 5.87. The molecular formula is C14H18BrNO2. The fourth-order valence-electron chi connectivity index (χ4n) is 2.43. The van der Waals surface area contributed by atoms with Gasteiger partial charge in [0.2, 0.25) is 0 Å². The molecule has 1 fully saturated rings. The minimum atomic E-state index is -0.365. The second-order valence-electron chi connectivity index (χ2n) is 4.66. The zero-order chi connectivity index (χ0) is 13.0. The van der Waals surface area contributed by atoms with Crippen LogP contribution in [0.5, 0.6) is 0 Å². The summed E-state index contributed by atoms with van der Waals surface area (Å²) in [6, 6.07) is 7.86. The molecule has 1 aliphatic carbocycles. The summed E-state index contributed by atoms with van der Waals surface area (Å²) in [5.41, 5.74) is 0.947. The largest absolute Gasteiger partial charge is 0.468 e. The lowest BCUT2D eigenvalue weighted by atomic mass is 10.1. The number of halogens is 1. The molecular weight excluding hydrogens is 294 g/mol. The van der Waals surface area contributed by atoms with Gasteiger partial charge in [-0.1, -0.05) is 40.9 Å². The van der Waals surface area contributed by atoms with Crippen molar-refractivity contribution in [3.8, 4) is 0 Å². The van der Waals surface area contributed by atoms with Crippen molar-refractivity contribution in [2.24, 2.45) is 0 Å². The van der Waals surface area contributed by atoms with Crippen molar-refractivity contribution < 1.29 is 9.53 Å². The van der Waals surface area contributed by atoms with E-state index in [1.807, 2.05) is 24.3 Å². The van der Waals surface area contributed by atoms with Gasteiger partial charge in [0.15, 0.2) is 0 Å². The molecule has 0 aromatic heterocycles. The first-order chi connectivity index (χ1) is 8.70. The Kier molecular flexibility index (Phi) is 4.78. The number of nitrogens with one attached hydrogen (secondary N) is 1. The summed E-state index contributed by atoms with van der Waals surface area (Å²) in [6.45, 7) is 0. The van der Waals surface area contributed by atoms with E-state index in [-0.39, 0.29) is 12.0 Å². The maximum absolute atomic E-state index is 11.9. The molecule has 0 saturated heterocycles. The molecule has 0 aliphatic heterocycles. The summed E-state index contributed by atoms with van der Waals surface area (Å²) in [6.07, 6.45) is 4.76. The number of hydrogen-bond acceptors (Lipinski definition) is 3. The van der Waals surface area contributed by atoms with Crippen LogP contribution in [0.1, 0.15) is 37.3 Å². The normalized spacial score (nSPS) is 17.7. The van der Waals surface area contributed by atoms with Gasteiger partial charge < -0.3 is 4.74 Å². The SMILES string of the molecule is COC(=O)C(NC1CCCC1)c1cccc(Br)c1. The van der Waals surface area contributed by atoms with Gasteiger partial charge in [0, 0.05) is 10.5 Å². The van der Waals surface area contributed by atoms with Crippen molar-refractivity contribution in [3.63, 3.8) is 0 Å². The van der Waals surface area contributed by atoms with E-state index in [0.717, 1.165) is 22.9 Å². The Balaban J connectivity index is 2.16. The van der Waals surface area contributed by atoms with E-state index in [0.29, 0.717) is 6.04 Å². The topological polar surface area (TPSA) is 38.3 Å². The third kappa shape index (κ3) is 3.33. The lowest BCUT2D eigenvalue weighted by molar-refractivity contribution is -0.143. The van der Waals surface area contributed by atoms with Crippen molar-refractivity contribution in [1.29, 1.82) is 0 Å². The molecule has 1 aliphatic rings. The predicted octanol–water partition coefficient (Wildman–Crippen LogP) is 3.20. The van der Waals surface area contributed by atoms with Gasteiger partial charge in [-0.05, 0) is 30.5 Å². The highest BCUT2D eigenvalue weighted by atomic mass is 79.9. The summed E-state index contributed by atoms with van der Waals surface area (Å²) in [7, 11) is 1.43.